The molecule has 2 atom stereocenters. The minimum atomic E-state index is -3.31. The molecule has 1 fully saturated rings. The van der Waals surface area contributed by atoms with Crippen molar-refractivity contribution >= 4 is 16.1 Å². The molecule has 0 saturated carbocycles. The first-order chi connectivity index (χ1) is 7.34. The monoisotopic (exact) mass is 246 g/mol. The van der Waals surface area contributed by atoms with Crippen LogP contribution in [-0.4, -0.2) is 42.6 Å². The van der Waals surface area contributed by atoms with E-state index in [1.54, 1.807) is 13.0 Å². The van der Waals surface area contributed by atoms with E-state index in [1.807, 2.05) is 0 Å². The summed E-state index contributed by atoms with van der Waals surface area (Å²) in [6.45, 7) is 2.14. The van der Waals surface area contributed by atoms with Crippen LogP contribution < -0.4 is 4.72 Å². The van der Waals surface area contributed by atoms with Crippen LogP contribution in [0.1, 0.15) is 19.8 Å². The van der Waals surface area contributed by atoms with Crippen molar-refractivity contribution in [1.82, 2.24) is 9.62 Å². The number of hydrogen-bond donors (Lipinski definition) is 2. The van der Waals surface area contributed by atoms with Crippen molar-refractivity contribution in [1.29, 1.82) is 0 Å². The van der Waals surface area contributed by atoms with E-state index in [4.69, 9.17) is 5.11 Å². The summed E-state index contributed by atoms with van der Waals surface area (Å²) in [5.41, 5.74) is -0.579. The third kappa shape index (κ3) is 1.92. The van der Waals surface area contributed by atoms with E-state index in [-0.39, 0.29) is 6.04 Å². The van der Waals surface area contributed by atoms with E-state index in [0.717, 1.165) is 5.41 Å². The third-order valence-electron chi connectivity index (χ3n) is 3.15. The van der Waals surface area contributed by atoms with Gasteiger partial charge in [0.25, 0.3) is 0 Å². The average molecular weight is 246 g/mol. The minimum Gasteiger partial charge on any atom is -0.465 e. The van der Waals surface area contributed by atoms with Crippen LogP contribution in [0.15, 0.2) is 11.5 Å². The molecule has 2 heterocycles. The fraction of sp³-hybridized carbons (Fsp3) is 0.667. The molecule has 90 valence electrons. The normalized spacial score (nSPS) is 36.8. The molecule has 6 nitrogen and oxygen atoms in total. The molecule has 7 heteroatoms. The maximum atomic E-state index is 11.3. The number of carbonyl (C=O) groups is 1. The molecule has 2 rings (SSSR count). The summed E-state index contributed by atoms with van der Waals surface area (Å²) < 4.78 is 25.2. The Labute approximate surface area is 94.0 Å². The minimum absolute atomic E-state index is 0.184. The molecule has 16 heavy (non-hydrogen) atoms. The number of hydrogen-bond acceptors (Lipinski definition) is 3. The number of nitrogens with one attached hydrogen (secondary N) is 1. The number of amides is 1. The molecule has 0 aliphatic carbocycles. The summed E-state index contributed by atoms with van der Waals surface area (Å²) in [6, 6.07) is -0.184. The van der Waals surface area contributed by atoms with E-state index < -0.39 is 21.7 Å². The van der Waals surface area contributed by atoms with Crippen molar-refractivity contribution in [3.8, 4) is 0 Å². The highest BCUT2D eigenvalue weighted by molar-refractivity contribution is 7.92. The Balaban J connectivity index is 2.15. The predicted octanol–water partition coefficient (Wildman–Crippen LogP) is 0.334. The summed E-state index contributed by atoms with van der Waals surface area (Å²) in [7, 11) is -3.31. The van der Waals surface area contributed by atoms with Gasteiger partial charge >= 0.3 is 6.09 Å². The van der Waals surface area contributed by atoms with Crippen molar-refractivity contribution in [3.05, 3.63) is 11.5 Å². The molecule has 1 spiro atoms. The SMILES string of the molecule is C[C@H]1C[C@@]2(C=CS(=O)(=O)N2)CCN1C(=O)O. The Morgan fingerprint density at radius 1 is 1.62 bits per heavy atom. The van der Waals surface area contributed by atoms with Gasteiger partial charge in [-0.25, -0.2) is 17.9 Å². The highest BCUT2D eigenvalue weighted by Crippen LogP contribution is 2.32. The Morgan fingerprint density at radius 3 is 2.75 bits per heavy atom. The second-order valence-electron chi connectivity index (χ2n) is 4.39. The van der Waals surface area contributed by atoms with Crippen LogP contribution in [0.2, 0.25) is 0 Å². The van der Waals surface area contributed by atoms with Crippen molar-refractivity contribution in [2.45, 2.75) is 31.3 Å². The van der Waals surface area contributed by atoms with Crippen molar-refractivity contribution in [2.24, 2.45) is 0 Å². The van der Waals surface area contributed by atoms with Crippen LogP contribution in [-0.2, 0) is 10.0 Å². The third-order valence-corrected chi connectivity index (χ3v) is 4.33. The van der Waals surface area contributed by atoms with Gasteiger partial charge in [0, 0.05) is 18.0 Å². The van der Waals surface area contributed by atoms with Gasteiger partial charge in [-0.05, 0) is 19.8 Å². The second-order valence-corrected chi connectivity index (χ2v) is 5.95. The fourth-order valence-corrected chi connectivity index (χ4v) is 3.71. The number of piperidine rings is 1. The molecule has 2 aliphatic rings. The molecule has 0 bridgehead atoms. The van der Waals surface area contributed by atoms with E-state index in [1.165, 1.54) is 4.90 Å². The predicted molar refractivity (Wildman–Crippen MR) is 57.4 cm³/mol. The van der Waals surface area contributed by atoms with Gasteiger partial charge in [-0.1, -0.05) is 6.08 Å². The molecule has 1 saturated heterocycles. The molecule has 0 unspecified atom stereocenters. The van der Waals surface area contributed by atoms with E-state index >= 15 is 0 Å². The van der Waals surface area contributed by atoms with Crippen LogP contribution in [0, 0.1) is 0 Å². The zero-order chi connectivity index (χ0) is 12.0. The first-order valence-electron chi connectivity index (χ1n) is 5.06. The van der Waals surface area contributed by atoms with Crippen LogP contribution >= 0.6 is 0 Å². The standard InChI is InChI=1S/C9H14N2O4S/c1-7-6-9(2-4-11(7)8(12)13)3-5-16(14,15)10-9/h3,5,7,10H,2,4,6H2,1H3,(H,12,13)/t7-,9-/m0/s1. The van der Waals surface area contributed by atoms with Crippen molar-refractivity contribution < 1.29 is 18.3 Å². The van der Waals surface area contributed by atoms with E-state index in [0.29, 0.717) is 19.4 Å². The van der Waals surface area contributed by atoms with Crippen LogP contribution in [0.3, 0.4) is 0 Å². The lowest BCUT2D eigenvalue weighted by atomic mass is 9.85. The zero-order valence-electron chi connectivity index (χ0n) is 8.88. The number of sulfonamides is 1. The van der Waals surface area contributed by atoms with E-state index in [2.05, 4.69) is 4.72 Å². The smallest absolute Gasteiger partial charge is 0.407 e. The summed E-state index contributed by atoms with van der Waals surface area (Å²) >= 11 is 0. The molecule has 0 radical (unpaired) electrons. The van der Waals surface area contributed by atoms with Gasteiger partial charge in [-0.2, -0.15) is 0 Å². The summed E-state index contributed by atoms with van der Waals surface area (Å²) in [5.74, 6) is 0. The molecule has 0 aromatic rings. The van der Waals surface area contributed by atoms with Gasteiger partial charge < -0.3 is 10.0 Å². The molecule has 2 N–H and O–H groups in total. The lowest BCUT2D eigenvalue weighted by Crippen LogP contribution is -2.55. The van der Waals surface area contributed by atoms with Gasteiger partial charge in [-0.3, -0.25) is 0 Å². The summed E-state index contributed by atoms with van der Waals surface area (Å²) in [4.78, 5) is 12.2. The number of rotatable bonds is 0. The van der Waals surface area contributed by atoms with Gasteiger partial charge in [0.1, 0.15) is 0 Å². The summed E-state index contributed by atoms with van der Waals surface area (Å²) in [6.07, 6.45) is 1.65. The molecule has 2 aliphatic heterocycles. The number of likely N-dealkylation sites (tertiary alicyclic amines) is 1. The molecule has 0 aromatic heterocycles. The number of nitrogens with zero attached hydrogens (tertiary/aromatic N) is 1. The molecule has 1 amide bonds. The highest BCUT2D eigenvalue weighted by atomic mass is 32.2. The maximum absolute atomic E-state index is 11.3. The first-order valence-corrected chi connectivity index (χ1v) is 6.61. The molecule has 0 aromatic carbocycles. The average Bonchev–Trinajstić information content (AvgIpc) is 2.41. The highest BCUT2D eigenvalue weighted by Gasteiger charge is 2.43. The second kappa shape index (κ2) is 3.46. The topological polar surface area (TPSA) is 86.7 Å². The van der Waals surface area contributed by atoms with Crippen LogP contribution in [0.4, 0.5) is 4.79 Å². The fourth-order valence-electron chi connectivity index (χ4n) is 2.38. The van der Waals surface area contributed by atoms with Gasteiger partial charge in [-0.15, -0.1) is 0 Å². The Kier molecular flexibility index (Phi) is 2.47. The van der Waals surface area contributed by atoms with Gasteiger partial charge in [0.15, 0.2) is 0 Å². The zero-order valence-corrected chi connectivity index (χ0v) is 9.70. The van der Waals surface area contributed by atoms with Crippen LogP contribution in [0.5, 0.6) is 0 Å². The van der Waals surface area contributed by atoms with Crippen molar-refractivity contribution in [3.63, 3.8) is 0 Å². The van der Waals surface area contributed by atoms with E-state index in [9.17, 15) is 13.2 Å². The lowest BCUT2D eigenvalue weighted by molar-refractivity contribution is 0.0945. The van der Waals surface area contributed by atoms with Gasteiger partial charge in [0.05, 0.1) is 5.54 Å². The quantitative estimate of drug-likeness (QED) is 0.645. The Morgan fingerprint density at radius 2 is 2.31 bits per heavy atom. The maximum Gasteiger partial charge on any atom is 0.407 e. The Bertz CT molecular complexity index is 444. The van der Waals surface area contributed by atoms with Gasteiger partial charge in [0.2, 0.25) is 10.0 Å². The molecular formula is C9H14N2O4S. The lowest BCUT2D eigenvalue weighted by Gasteiger charge is -2.41. The largest absolute Gasteiger partial charge is 0.465 e. The first kappa shape index (κ1) is 11.4. The Hall–Kier alpha value is -1.08. The summed E-state index contributed by atoms with van der Waals surface area (Å²) in [5, 5.41) is 10.1. The van der Waals surface area contributed by atoms with Crippen LogP contribution in [0.25, 0.3) is 0 Å². The number of carboxylic acid groups (broad SMARTS) is 1. The van der Waals surface area contributed by atoms with Crippen molar-refractivity contribution in [2.75, 3.05) is 6.54 Å². The molecular weight excluding hydrogens is 232 g/mol.